The minimum Gasteiger partial charge on any atom is -0.487 e. The van der Waals surface area contributed by atoms with Crippen LogP contribution in [0.15, 0.2) is 35.3 Å². The monoisotopic (exact) mass is 625 g/mol. The number of hydrogen-bond acceptors (Lipinski definition) is 8. The number of ketones is 1. The van der Waals surface area contributed by atoms with Gasteiger partial charge < -0.3 is 33.6 Å². The lowest BCUT2D eigenvalue weighted by Crippen LogP contribution is -2.31. The summed E-state index contributed by atoms with van der Waals surface area (Å²) in [7, 11) is 0. The second-order valence-corrected chi connectivity index (χ2v) is 11.8. The van der Waals surface area contributed by atoms with Crippen molar-refractivity contribution >= 4 is 40.1 Å². The Morgan fingerprint density at radius 3 is 2.64 bits per heavy atom. The summed E-state index contributed by atoms with van der Waals surface area (Å²) < 4.78 is 49.9. The predicted octanol–water partition coefficient (Wildman–Crippen LogP) is 5.06. The number of Topliss-reactive ketones (excluding diaryl/α,β-unsaturated/α-hetero) is 1. The van der Waals surface area contributed by atoms with Crippen LogP contribution < -0.4 is 24.7 Å². The maximum atomic E-state index is 15.7. The van der Waals surface area contributed by atoms with Gasteiger partial charge in [-0.05, 0) is 51.3 Å². The molecule has 0 spiro atoms. The van der Waals surface area contributed by atoms with Gasteiger partial charge >= 0.3 is 12.1 Å². The van der Waals surface area contributed by atoms with Gasteiger partial charge in [0.25, 0.3) is 0 Å². The molecule has 238 valence electrons. The Morgan fingerprint density at radius 1 is 1.11 bits per heavy atom. The summed E-state index contributed by atoms with van der Waals surface area (Å²) in [5.74, 6) is -2.49. The van der Waals surface area contributed by atoms with E-state index in [4.69, 9.17) is 14.2 Å². The van der Waals surface area contributed by atoms with Crippen LogP contribution in [0.1, 0.15) is 62.4 Å². The minimum absolute atomic E-state index is 0.000660. The molecule has 1 N–H and O–H groups in total. The molecule has 3 atom stereocenters. The smallest absolute Gasteiger partial charge is 0.414 e. The van der Waals surface area contributed by atoms with E-state index in [0.29, 0.717) is 56.4 Å². The van der Waals surface area contributed by atoms with Crippen LogP contribution in [-0.4, -0.2) is 66.0 Å². The van der Waals surface area contributed by atoms with Gasteiger partial charge in [-0.25, -0.2) is 18.4 Å². The number of cyclic esters (lactones) is 1. The number of aromatic carboxylic acids is 1. The van der Waals surface area contributed by atoms with Crippen LogP contribution in [0.25, 0.3) is 10.9 Å². The molecule has 2 unspecified atom stereocenters. The number of ether oxygens (including phenoxy) is 3. The number of amides is 1. The van der Waals surface area contributed by atoms with Crippen molar-refractivity contribution in [3.8, 4) is 11.5 Å². The molecule has 0 bridgehead atoms. The number of carboxylic acid groups (broad SMARTS) is 1. The first-order chi connectivity index (χ1) is 21.5. The van der Waals surface area contributed by atoms with E-state index in [-0.39, 0.29) is 53.7 Å². The highest BCUT2D eigenvalue weighted by atomic mass is 19.1. The van der Waals surface area contributed by atoms with Crippen molar-refractivity contribution in [1.29, 1.82) is 0 Å². The fraction of sp³-hybridized carbons (Fsp3) is 0.438. The summed E-state index contributed by atoms with van der Waals surface area (Å²) in [6.07, 6.45) is 2.18. The first-order valence-corrected chi connectivity index (χ1v) is 15.0. The van der Waals surface area contributed by atoms with Crippen molar-refractivity contribution in [3.05, 3.63) is 57.9 Å². The van der Waals surface area contributed by atoms with Crippen molar-refractivity contribution in [2.45, 2.75) is 64.2 Å². The Hall–Kier alpha value is -4.68. The molecular weight excluding hydrogens is 592 g/mol. The van der Waals surface area contributed by atoms with Crippen LogP contribution in [0, 0.1) is 11.6 Å². The lowest BCUT2D eigenvalue weighted by molar-refractivity contribution is -0.117. The number of carbonyl (C=O) groups is 3. The average molecular weight is 626 g/mol. The molecule has 2 saturated heterocycles. The number of pyridine rings is 1. The van der Waals surface area contributed by atoms with E-state index in [0.717, 1.165) is 6.07 Å². The highest BCUT2D eigenvalue weighted by molar-refractivity contribution is 5.97. The highest BCUT2D eigenvalue weighted by Crippen LogP contribution is 2.42. The summed E-state index contributed by atoms with van der Waals surface area (Å²) in [5, 5.41) is 9.48. The first-order valence-electron chi connectivity index (χ1n) is 15.0. The third-order valence-corrected chi connectivity index (χ3v) is 8.58. The highest BCUT2D eigenvalue weighted by Gasteiger charge is 2.34. The van der Waals surface area contributed by atoms with Crippen molar-refractivity contribution < 1.29 is 42.5 Å². The lowest BCUT2D eigenvalue weighted by atomic mass is 10.1. The van der Waals surface area contributed by atoms with E-state index in [1.54, 1.807) is 10.6 Å². The molecule has 3 aromatic rings. The van der Waals surface area contributed by atoms with Crippen LogP contribution in [0.5, 0.6) is 11.5 Å². The SMILES string of the molecule is CC(=O)CC[C@H]1CN(c2ccc(OC3CCCN(c4c(F)cc5c(=O)c(C(=O)O)cn6c5c4OCC6C)CC3)c(F)c2)C(=O)O1. The largest absolute Gasteiger partial charge is 0.487 e. The molecule has 13 heteroatoms. The zero-order valence-corrected chi connectivity index (χ0v) is 24.9. The number of halogens is 2. The Kier molecular flexibility index (Phi) is 8.10. The third-order valence-electron chi connectivity index (χ3n) is 8.58. The number of rotatable bonds is 8. The van der Waals surface area contributed by atoms with Crippen LogP contribution in [0.3, 0.4) is 0 Å². The van der Waals surface area contributed by atoms with E-state index < -0.39 is 40.8 Å². The molecule has 0 radical (unpaired) electrons. The van der Waals surface area contributed by atoms with Crippen molar-refractivity contribution in [3.63, 3.8) is 0 Å². The van der Waals surface area contributed by atoms with Crippen molar-refractivity contribution in [1.82, 2.24) is 4.57 Å². The molecule has 4 heterocycles. The number of hydrogen-bond donors (Lipinski definition) is 1. The molecular formula is C32H33F2N3O8. The zero-order valence-electron chi connectivity index (χ0n) is 24.9. The Balaban J connectivity index is 1.18. The Labute approximate surface area is 256 Å². The molecule has 45 heavy (non-hydrogen) atoms. The van der Waals surface area contributed by atoms with Crippen molar-refractivity contribution in [2.75, 3.05) is 36.0 Å². The van der Waals surface area contributed by atoms with Gasteiger partial charge in [-0.3, -0.25) is 9.69 Å². The third kappa shape index (κ3) is 5.78. The van der Waals surface area contributed by atoms with Gasteiger partial charge in [0, 0.05) is 38.2 Å². The van der Waals surface area contributed by atoms with E-state index in [1.807, 2.05) is 11.8 Å². The summed E-state index contributed by atoms with van der Waals surface area (Å²) in [4.78, 5) is 51.4. The molecule has 11 nitrogen and oxygen atoms in total. The summed E-state index contributed by atoms with van der Waals surface area (Å²) in [6, 6.07) is 5.08. The second kappa shape index (κ2) is 12.0. The molecule has 2 fully saturated rings. The molecule has 6 rings (SSSR count). The number of aromatic nitrogens is 1. The van der Waals surface area contributed by atoms with Gasteiger partial charge in [-0.15, -0.1) is 0 Å². The fourth-order valence-corrected chi connectivity index (χ4v) is 6.25. The summed E-state index contributed by atoms with van der Waals surface area (Å²) >= 11 is 0. The zero-order chi connectivity index (χ0) is 32.0. The molecule has 0 aliphatic carbocycles. The number of anilines is 2. The molecule has 3 aliphatic rings. The standard InChI is InChI=1S/C32H33F2N3O8/c1-17-16-43-30-27-22(29(39)23(31(40)41)15-36(17)27)13-25(34)28(30)35-10-3-4-20(9-11-35)44-26-8-6-19(12-24(26)33)37-14-21(45-32(37)42)7-5-18(2)38/h6,8,12-13,15,17,20-21H,3-5,7,9-11,14,16H2,1-2H3,(H,40,41)/t17?,20?,21-/m0/s1. The number of carbonyl (C=O) groups excluding carboxylic acids is 2. The second-order valence-electron chi connectivity index (χ2n) is 11.8. The number of nitrogens with zero attached hydrogens (tertiary/aromatic N) is 3. The predicted molar refractivity (Wildman–Crippen MR) is 160 cm³/mol. The molecule has 0 saturated carbocycles. The summed E-state index contributed by atoms with van der Waals surface area (Å²) in [5.41, 5.74) is -0.331. The van der Waals surface area contributed by atoms with Gasteiger partial charge in [-0.2, -0.15) is 0 Å². The van der Waals surface area contributed by atoms with Crippen LogP contribution >= 0.6 is 0 Å². The Bertz CT molecular complexity index is 1760. The average Bonchev–Trinajstić information content (AvgIpc) is 3.21. The topological polar surface area (TPSA) is 128 Å². The van der Waals surface area contributed by atoms with Gasteiger partial charge in [0.2, 0.25) is 5.43 Å². The summed E-state index contributed by atoms with van der Waals surface area (Å²) in [6.45, 7) is 4.50. The quantitative estimate of drug-likeness (QED) is 0.365. The van der Waals surface area contributed by atoms with E-state index in [1.165, 1.54) is 30.2 Å². The molecule has 1 aromatic heterocycles. The van der Waals surface area contributed by atoms with E-state index >= 15 is 8.78 Å². The van der Waals surface area contributed by atoms with Crippen LogP contribution in [0.2, 0.25) is 0 Å². The maximum absolute atomic E-state index is 15.7. The normalized spacial score (nSPS) is 21.3. The Morgan fingerprint density at radius 2 is 1.91 bits per heavy atom. The van der Waals surface area contributed by atoms with Crippen LogP contribution in [0.4, 0.5) is 25.0 Å². The van der Waals surface area contributed by atoms with Gasteiger partial charge in [0.1, 0.15) is 35.8 Å². The number of benzene rings is 2. The van der Waals surface area contributed by atoms with Crippen molar-refractivity contribution in [2.24, 2.45) is 0 Å². The minimum atomic E-state index is -1.38. The lowest BCUT2D eigenvalue weighted by Gasteiger charge is -2.32. The van der Waals surface area contributed by atoms with Gasteiger partial charge in [0.15, 0.2) is 23.1 Å². The van der Waals surface area contributed by atoms with Crippen LogP contribution in [-0.2, 0) is 9.53 Å². The number of carboxylic acids is 1. The fourth-order valence-electron chi connectivity index (χ4n) is 6.25. The van der Waals surface area contributed by atoms with E-state index in [9.17, 15) is 24.3 Å². The van der Waals surface area contributed by atoms with Gasteiger partial charge in [0.05, 0.1) is 29.2 Å². The molecule has 3 aliphatic heterocycles. The van der Waals surface area contributed by atoms with Gasteiger partial charge in [-0.1, -0.05) is 0 Å². The maximum Gasteiger partial charge on any atom is 0.414 e. The van der Waals surface area contributed by atoms with E-state index in [2.05, 4.69) is 0 Å². The first kappa shape index (κ1) is 30.4. The molecule has 1 amide bonds. The molecule has 2 aromatic carbocycles.